The zero-order valence-corrected chi connectivity index (χ0v) is 14.2. The van der Waals surface area contributed by atoms with Crippen LogP contribution in [0.4, 0.5) is 0 Å². The number of aromatic nitrogens is 2. The first-order valence-electron chi connectivity index (χ1n) is 7.55. The molecular formula is C17H15N4O3S-. The lowest BCUT2D eigenvalue weighted by Gasteiger charge is -2.02. The highest BCUT2D eigenvalue weighted by Crippen LogP contribution is 2.30. The molecular weight excluding hydrogens is 340 g/mol. The lowest BCUT2D eigenvalue weighted by Crippen LogP contribution is -2.23. The first kappa shape index (κ1) is 17.0. The fourth-order valence-corrected chi connectivity index (χ4v) is 3.04. The number of benzene rings is 1. The summed E-state index contributed by atoms with van der Waals surface area (Å²) < 4.78 is 1.53. The molecule has 0 spiro atoms. The summed E-state index contributed by atoms with van der Waals surface area (Å²) >= 11 is 1.10. The molecule has 1 aliphatic heterocycles. The van der Waals surface area contributed by atoms with Crippen LogP contribution in [0.1, 0.15) is 17.5 Å². The fourth-order valence-electron chi connectivity index (χ4n) is 2.37. The van der Waals surface area contributed by atoms with E-state index in [-0.39, 0.29) is 24.0 Å². The number of carbonyl (C=O) groups excluding carboxylic acids is 2. The normalized spacial score (nSPS) is 15.6. The van der Waals surface area contributed by atoms with Crippen LogP contribution in [0.2, 0.25) is 0 Å². The van der Waals surface area contributed by atoms with Crippen molar-refractivity contribution in [2.45, 2.75) is 19.9 Å². The fraction of sp³-hybridized carbons (Fsp3) is 0.176. The summed E-state index contributed by atoms with van der Waals surface area (Å²) in [5.41, 5.74) is 8.92. The second-order valence-electron chi connectivity index (χ2n) is 5.55. The molecule has 1 aromatic heterocycles. The molecule has 3 rings (SSSR count). The van der Waals surface area contributed by atoms with Gasteiger partial charge < -0.3 is 15.6 Å². The Hall–Kier alpha value is -2.87. The van der Waals surface area contributed by atoms with Crippen LogP contribution in [0.15, 0.2) is 40.4 Å². The number of carbonyl (C=O) groups is 2. The Morgan fingerprint density at radius 2 is 2.08 bits per heavy atom. The van der Waals surface area contributed by atoms with Crippen molar-refractivity contribution in [3.8, 4) is 11.3 Å². The van der Waals surface area contributed by atoms with Gasteiger partial charge in [0.2, 0.25) is 0 Å². The van der Waals surface area contributed by atoms with Crippen LogP contribution in [0.25, 0.3) is 17.3 Å². The van der Waals surface area contributed by atoms with E-state index in [1.165, 1.54) is 4.68 Å². The monoisotopic (exact) mass is 355 g/mol. The molecule has 2 heterocycles. The van der Waals surface area contributed by atoms with Crippen LogP contribution >= 0.6 is 11.8 Å². The summed E-state index contributed by atoms with van der Waals surface area (Å²) in [5.74, 6) is -1.53. The number of nitrogens with two attached hydrogens (primary N) is 1. The maximum Gasteiger partial charge on any atom is 0.286 e. The van der Waals surface area contributed by atoms with Crippen molar-refractivity contribution in [3.05, 3.63) is 46.5 Å². The zero-order valence-electron chi connectivity index (χ0n) is 13.4. The van der Waals surface area contributed by atoms with Gasteiger partial charge in [0.25, 0.3) is 5.91 Å². The van der Waals surface area contributed by atoms with E-state index in [9.17, 15) is 14.7 Å². The van der Waals surface area contributed by atoms with Crippen molar-refractivity contribution >= 4 is 34.9 Å². The number of hydrogen-bond donors (Lipinski definition) is 1. The number of carboxylic acids is 1. The van der Waals surface area contributed by atoms with Crippen molar-refractivity contribution < 1.29 is 14.7 Å². The van der Waals surface area contributed by atoms with Gasteiger partial charge in [-0.2, -0.15) is 10.1 Å². The van der Waals surface area contributed by atoms with Crippen molar-refractivity contribution in [3.63, 3.8) is 0 Å². The number of amides is 1. The van der Waals surface area contributed by atoms with Gasteiger partial charge in [0.1, 0.15) is 0 Å². The Balaban J connectivity index is 1.99. The molecule has 1 amide bonds. The Kier molecular flexibility index (Phi) is 4.71. The van der Waals surface area contributed by atoms with Gasteiger partial charge in [0.05, 0.1) is 10.6 Å². The van der Waals surface area contributed by atoms with Gasteiger partial charge in [0, 0.05) is 36.3 Å². The molecule has 8 heteroatoms. The second kappa shape index (κ2) is 6.94. The number of aryl methyl sites for hydroxylation is 2. The van der Waals surface area contributed by atoms with Crippen LogP contribution in [-0.2, 0) is 16.1 Å². The third-order valence-electron chi connectivity index (χ3n) is 3.58. The smallest absolute Gasteiger partial charge is 0.286 e. The highest BCUT2D eigenvalue weighted by Gasteiger charge is 2.21. The molecule has 0 atom stereocenters. The van der Waals surface area contributed by atoms with Gasteiger partial charge in [-0.15, -0.1) is 0 Å². The summed E-state index contributed by atoms with van der Waals surface area (Å²) in [6, 6.07) is 7.78. The van der Waals surface area contributed by atoms with Gasteiger partial charge in [-0.1, -0.05) is 29.8 Å². The maximum absolute atomic E-state index is 11.8. The molecule has 0 aliphatic carbocycles. The summed E-state index contributed by atoms with van der Waals surface area (Å²) in [7, 11) is 0. The molecule has 0 bridgehead atoms. The topological polar surface area (TPSA) is 113 Å². The predicted molar refractivity (Wildman–Crippen MR) is 94.2 cm³/mol. The summed E-state index contributed by atoms with van der Waals surface area (Å²) in [5, 5.41) is 15.4. The number of carboxylic acid groups (broad SMARTS) is 1. The molecule has 0 saturated carbocycles. The molecule has 0 radical (unpaired) electrons. The molecule has 128 valence electrons. The van der Waals surface area contributed by atoms with Crippen molar-refractivity contribution in [2.75, 3.05) is 0 Å². The highest BCUT2D eigenvalue weighted by atomic mass is 32.2. The number of aliphatic imine (C=N–C) groups is 1. The largest absolute Gasteiger partial charge is 0.550 e. The van der Waals surface area contributed by atoms with E-state index < -0.39 is 5.97 Å². The van der Waals surface area contributed by atoms with Crippen LogP contribution in [0, 0.1) is 6.92 Å². The van der Waals surface area contributed by atoms with Crippen molar-refractivity contribution in [1.29, 1.82) is 0 Å². The average Bonchev–Trinajstić information content (AvgIpc) is 3.09. The Labute approximate surface area is 148 Å². The van der Waals surface area contributed by atoms with Crippen LogP contribution in [0.5, 0.6) is 0 Å². The number of amidine groups is 1. The number of hydrogen-bond acceptors (Lipinski definition) is 6. The Morgan fingerprint density at radius 3 is 2.68 bits per heavy atom. The van der Waals surface area contributed by atoms with Crippen molar-refractivity contribution in [2.24, 2.45) is 10.7 Å². The summed E-state index contributed by atoms with van der Waals surface area (Å²) in [4.78, 5) is 26.6. The van der Waals surface area contributed by atoms with Crippen LogP contribution in [-0.4, -0.2) is 26.8 Å². The molecule has 25 heavy (non-hydrogen) atoms. The lowest BCUT2D eigenvalue weighted by atomic mass is 10.1. The lowest BCUT2D eigenvalue weighted by molar-refractivity contribution is -0.306. The van der Waals surface area contributed by atoms with E-state index >= 15 is 0 Å². The highest BCUT2D eigenvalue weighted by molar-refractivity contribution is 8.18. The molecule has 1 aromatic carbocycles. The standard InChI is InChI=1S/C17H16N4O3S/c1-10-2-4-11(5-3-10)15-12(8-13-16(24)19-17(18)25-13)9-21(20-15)7-6-14(22)23/h2-5,8-9H,6-7H2,1H3,(H,22,23)(H2,18,19,24)/p-1/b13-8-. The molecule has 0 fully saturated rings. The van der Waals surface area contributed by atoms with Crippen molar-refractivity contribution in [1.82, 2.24) is 9.78 Å². The molecule has 0 saturated heterocycles. The minimum absolute atomic E-state index is 0.144. The van der Waals surface area contributed by atoms with Crippen LogP contribution < -0.4 is 10.8 Å². The number of rotatable bonds is 5. The van der Waals surface area contributed by atoms with E-state index in [1.54, 1.807) is 12.3 Å². The molecule has 7 nitrogen and oxygen atoms in total. The van der Waals surface area contributed by atoms with E-state index in [0.717, 1.165) is 22.9 Å². The van der Waals surface area contributed by atoms with E-state index in [1.807, 2.05) is 31.2 Å². The third kappa shape index (κ3) is 3.97. The summed E-state index contributed by atoms with van der Waals surface area (Å²) in [6.07, 6.45) is 3.23. The van der Waals surface area contributed by atoms with Crippen LogP contribution in [0.3, 0.4) is 0 Å². The second-order valence-corrected chi connectivity index (χ2v) is 6.61. The van der Waals surface area contributed by atoms with Gasteiger partial charge >= 0.3 is 0 Å². The van der Waals surface area contributed by atoms with E-state index in [0.29, 0.717) is 16.2 Å². The SMILES string of the molecule is Cc1ccc(-c2nn(CCC(=O)[O-])cc2/C=C2\SC(N)=NC2=O)cc1. The maximum atomic E-state index is 11.8. The molecule has 0 unspecified atom stereocenters. The summed E-state index contributed by atoms with van der Waals surface area (Å²) in [6.45, 7) is 2.17. The van der Waals surface area contributed by atoms with Gasteiger partial charge in [-0.25, -0.2) is 0 Å². The van der Waals surface area contributed by atoms with Gasteiger partial charge in [-0.05, 0) is 24.8 Å². The zero-order chi connectivity index (χ0) is 18.0. The number of thioether (sulfide) groups is 1. The average molecular weight is 355 g/mol. The van der Waals surface area contributed by atoms with E-state index in [4.69, 9.17) is 5.73 Å². The minimum atomic E-state index is -1.14. The quantitative estimate of drug-likeness (QED) is 0.798. The predicted octanol–water partition coefficient (Wildman–Crippen LogP) is 0.928. The Bertz CT molecular complexity index is 897. The third-order valence-corrected chi connectivity index (χ3v) is 4.40. The Morgan fingerprint density at radius 1 is 1.36 bits per heavy atom. The van der Waals surface area contributed by atoms with E-state index in [2.05, 4.69) is 10.1 Å². The number of aliphatic carboxylic acids is 1. The molecule has 2 N–H and O–H groups in total. The van der Waals surface area contributed by atoms with Gasteiger partial charge in [-0.3, -0.25) is 9.48 Å². The molecule has 1 aliphatic rings. The first-order valence-corrected chi connectivity index (χ1v) is 8.36. The first-order chi connectivity index (χ1) is 11.9. The number of nitrogens with zero attached hydrogens (tertiary/aromatic N) is 3. The molecule has 2 aromatic rings. The van der Waals surface area contributed by atoms with Gasteiger partial charge in [0.15, 0.2) is 5.17 Å². The minimum Gasteiger partial charge on any atom is -0.550 e.